The number of rotatable bonds is 3. The lowest BCUT2D eigenvalue weighted by Crippen LogP contribution is -2.50. The predicted octanol–water partition coefficient (Wildman–Crippen LogP) is 10.1. The van der Waals surface area contributed by atoms with E-state index in [9.17, 15) is 0 Å². The summed E-state index contributed by atoms with van der Waals surface area (Å²) in [5, 5.41) is 7.83. The van der Waals surface area contributed by atoms with Gasteiger partial charge in [-0.2, -0.15) is 0 Å². The molecule has 0 unspecified atom stereocenters. The highest BCUT2D eigenvalue weighted by atomic mass is 32.1. The highest BCUT2D eigenvalue weighted by Gasteiger charge is 2.41. The summed E-state index contributed by atoms with van der Waals surface area (Å²) in [5.41, 5.74) is 9.19. The average molecular weight is 636 g/mol. The van der Waals surface area contributed by atoms with E-state index in [1.807, 2.05) is 11.3 Å². The van der Waals surface area contributed by atoms with Crippen LogP contribution in [0.1, 0.15) is 0 Å². The minimum atomic E-state index is -2.04. The summed E-state index contributed by atoms with van der Waals surface area (Å²) in [6.07, 6.45) is 0. The van der Waals surface area contributed by atoms with Crippen molar-refractivity contribution in [2.75, 3.05) is 0 Å². The predicted molar refractivity (Wildman–Crippen MR) is 202 cm³/mol. The van der Waals surface area contributed by atoms with Gasteiger partial charge in [0, 0.05) is 58.6 Å². The highest BCUT2D eigenvalue weighted by Crippen LogP contribution is 2.41. The van der Waals surface area contributed by atoms with Gasteiger partial charge >= 0.3 is 0 Å². The van der Waals surface area contributed by atoms with E-state index in [4.69, 9.17) is 9.97 Å². The second-order valence-electron chi connectivity index (χ2n) is 13.0. The molecule has 6 aromatic carbocycles. The molecule has 5 heteroatoms. The molecule has 0 radical (unpaired) electrons. The van der Waals surface area contributed by atoms with Gasteiger partial charge in [0.25, 0.3) is 0 Å². The third-order valence-corrected chi connectivity index (χ3v) is 14.4. The molecule has 9 aromatic rings. The monoisotopic (exact) mass is 635 g/mol. The molecular weight excluding hydrogens is 607 g/mol. The van der Waals surface area contributed by atoms with Gasteiger partial charge in [-0.3, -0.25) is 0 Å². The van der Waals surface area contributed by atoms with E-state index < -0.39 is 8.07 Å². The van der Waals surface area contributed by atoms with Gasteiger partial charge in [0.15, 0.2) is 5.82 Å². The van der Waals surface area contributed by atoms with Gasteiger partial charge in [-0.05, 0) is 47.1 Å². The first-order valence-electron chi connectivity index (χ1n) is 16.1. The zero-order valence-corrected chi connectivity index (χ0v) is 27.8. The molecular formula is C42H29N3SSi. The average Bonchev–Trinajstić information content (AvgIpc) is 3.72. The van der Waals surface area contributed by atoms with Crippen molar-refractivity contribution in [2.45, 2.75) is 13.1 Å². The Bertz CT molecular complexity index is 2720. The van der Waals surface area contributed by atoms with Crippen molar-refractivity contribution in [2.24, 2.45) is 0 Å². The van der Waals surface area contributed by atoms with Crippen LogP contribution in [0.15, 0.2) is 140 Å². The minimum absolute atomic E-state index is 0.783. The second-order valence-corrected chi connectivity index (χ2v) is 18.4. The zero-order chi connectivity index (χ0) is 31.3. The lowest BCUT2D eigenvalue weighted by Gasteiger charge is -2.19. The summed E-state index contributed by atoms with van der Waals surface area (Å²) in [6, 6.07) is 50.5. The summed E-state index contributed by atoms with van der Waals surface area (Å²) in [4.78, 5) is 10.8. The molecule has 0 spiro atoms. The normalized spacial score (nSPS) is 13.5. The molecule has 4 heterocycles. The fourth-order valence-corrected chi connectivity index (χ4v) is 11.8. The minimum Gasteiger partial charge on any atom is -0.309 e. The molecule has 0 aliphatic carbocycles. The number of fused-ring (bicyclic) bond motifs is 9. The highest BCUT2D eigenvalue weighted by molar-refractivity contribution is 7.25. The van der Waals surface area contributed by atoms with Crippen molar-refractivity contribution in [3.63, 3.8) is 0 Å². The van der Waals surface area contributed by atoms with Gasteiger partial charge < -0.3 is 4.57 Å². The van der Waals surface area contributed by atoms with Gasteiger partial charge in [-0.15, -0.1) is 11.3 Å². The molecule has 0 saturated carbocycles. The van der Waals surface area contributed by atoms with Crippen molar-refractivity contribution in [3.8, 4) is 39.5 Å². The number of aromatic nitrogens is 3. The quantitative estimate of drug-likeness (QED) is 0.181. The number of thiophene rings is 1. The van der Waals surface area contributed by atoms with Crippen LogP contribution in [0.5, 0.6) is 0 Å². The van der Waals surface area contributed by atoms with Crippen LogP contribution in [0, 0.1) is 0 Å². The van der Waals surface area contributed by atoms with Crippen molar-refractivity contribution < 1.29 is 0 Å². The topological polar surface area (TPSA) is 30.7 Å². The van der Waals surface area contributed by atoms with E-state index in [2.05, 4.69) is 157 Å². The fourth-order valence-electron chi connectivity index (χ4n) is 7.73. The van der Waals surface area contributed by atoms with Crippen LogP contribution < -0.4 is 10.5 Å². The van der Waals surface area contributed by atoms with Crippen LogP contribution in [0.3, 0.4) is 0 Å². The lowest BCUT2D eigenvalue weighted by atomic mass is 10.0. The van der Waals surface area contributed by atoms with Crippen LogP contribution in [0.2, 0.25) is 13.1 Å². The van der Waals surface area contributed by atoms with E-state index in [-0.39, 0.29) is 0 Å². The molecule has 47 heavy (non-hydrogen) atoms. The SMILES string of the molecule is C[Si]1(C)c2ccccc2-c2c(-c3ccccc3)nc(-c3cccc(-n4c5ccccc5c5cc6c(cc54)sc4ccccc46)c3)nc21. The van der Waals surface area contributed by atoms with Crippen LogP contribution in [-0.2, 0) is 0 Å². The Morgan fingerprint density at radius 3 is 2.19 bits per heavy atom. The summed E-state index contributed by atoms with van der Waals surface area (Å²) >= 11 is 1.87. The zero-order valence-electron chi connectivity index (χ0n) is 26.0. The molecule has 1 aliphatic heterocycles. The standard InChI is InChI=1S/C42H29N3SSi/c1-47(2)38-22-11-8-19-31(38)39-40(26-13-4-3-5-14-26)43-41(44-42(39)47)27-15-12-16-28(23-27)45-34-20-9-6-17-29(34)32-24-33-30-18-7-10-21-36(30)46-37(33)25-35(32)45/h3-25H,1-2H3. The van der Waals surface area contributed by atoms with Gasteiger partial charge in [0.05, 0.1) is 16.7 Å². The Morgan fingerprint density at radius 1 is 0.553 bits per heavy atom. The molecule has 10 rings (SSSR count). The van der Waals surface area contributed by atoms with Crippen molar-refractivity contribution in [1.29, 1.82) is 0 Å². The summed E-state index contributed by atoms with van der Waals surface area (Å²) in [5.74, 6) is 0.783. The molecule has 0 amide bonds. The maximum Gasteiger partial charge on any atom is 0.159 e. The Labute approximate surface area is 277 Å². The van der Waals surface area contributed by atoms with Crippen molar-refractivity contribution in [3.05, 3.63) is 140 Å². The van der Waals surface area contributed by atoms with E-state index in [0.29, 0.717) is 0 Å². The summed E-state index contributed by atoms with van der Waals surface area (Å²) in [6.45, 7) is 4.85. The summed E-state index contributed by atoms with van der Waals surface area (Å²) in [7, 11) is -2.04. The summed E-state index contributed by atoms with van der Waals surface area (Å²) < 4.78 is 5.04. The third-order valence-electron chi connectivity index (χ3n) is 9.95. The molecule has 0 N–H and O–H groups in total. The molecule has 3 nitrogen and oxygen atoms in total. The maximum absolute atomic E-state index is 5.43. The van der Waals surface area contributed by atoms with Crippen LogP contribution in [0.4, 0.5) is 0 Å². The Hall–Kier alpha value is -5.36. The second kappa shape index (κ2) is 9.82. The Morgan fingerprint density at radius 2 is 1.30 bits per heavy atom. The molecule has 1 aliphatic rings. The lowest BCUT2D eigenvalue weighted by molar-refractivity contribution is 1.17. The molecule has 0 atom stereocenters. The van der Waals surface area contributed by atoms with Gasteiger partial charge in [-0.25, -0.2) is 9.97 Å². The smallest absolute Gasteiger partial charge is 0.159 e. The molecule has 3 aromatic heterocycles. The number of hydrogen-bond acceptors (Lipinski definition) is 3. The van der Waals surface area contributed by atoms with Crippen LogP contribution >= 0.6 is 11.3 Å². The molecule has 0 fully saturated rings. The third kappa shape index (κ3) is 3.84. The van der Waals surface area contributed by atoms with Crippen molar-refractivity contribution >= 4 is 71.9 Å². The van der Waals surface area contributed by atoms with E-state index in [0.717, 1.165) is 28.3 Å². The molecule has 222 valence electrons. The maximum atomic E-state index is 5.43. The van der Waals surface area contributed by atoms with Gasteiger partial charge in [0.1, 0.15) is 8.07 Å². The van der Waals surface area contributed by atoms with Crippen LogP contribution in [-0.4, -0.2) is 22.6 Å². The number of benzene rings is 6. The number of nitrogens with zero attached hydrogens (tertiary/aromatic N) is 3. The van der Waals surface area contributed by atoms with E-state index >= 15 is 0 Å². The fraction of sp³-hybridized carbons (Fsp3) is 0.0476. The number of para-hydroxylation sites is 1. The van der Waals surface area contributed by atoms with E-state index in [1.54, 1.807) is 0 Å². The van der Waals surface area contributed by atoms with Crippen molar-refractivity contribution in [1.82, 2.24) is 14.5 Å². The molecule has 0 bridgehead atoms. The van der Waals surface area contributed by atoms with Gasteiger partial charge in [-0.1, -0.05) is 116 Å². The first kappa shape index (κ1) is 26.8. The first-order chi connectivity index (χ1) is 23.1. The number of hydrogen-bond donors (Lipinski definition) is 0. The van der Waals surface area contributed by atoms with Gasteiger partial charge in [0.2, 0.25) is 0 Å². The Balaban J connectivity index is 1.22. The Kier molecular flexibility index (Phi) is 5.60. The first-order valence-corrected chi connectivity index (χ1v) is 19.9. The van der Waals surface area contributed by atoms with E-state index in [1.165, 1.54) is 63.6 Å². The largest absolute Gasteiger partial charge is 0.309 e. The molecule has 0 saturated heterocycles. The van der Waals surface area contributed by atoms with Crippen LogP contribution in [0.25, 0.3) is 81.4 Å².